The second-order valence-electron chi connectivity index (χ2n) is 14.0. The molecular weight excluding hydrogens is 882 g/mol. The zero-order valence-electron chi connectivity index (χ0n) is 30.6. The topological polar surface area (TPSA) is 0 Å². The molecule has 0 aliphatic heterocycles. The smallest absolute Gasteiger partial charge is 0.0107 e. The van der Waals surface area contributed by atoms with Crippen LogP contribution in [0.3, 0.4) is 0 Å². The summed E-state index contributed by atoms with van der Waals surface area (Å²) in [5.41, 5.74) is 5.12. The molecule has 2 saturated carbocycles. The molecule has 1 radical (unpaired) electrons. The summed E-state index contributed by atoms with van der Waals surface area (Å²) in [6, 6.07) is 22.8. The molecule has 6 heteroatoms. The maximum absolute atomic E-state index is 2.48. The van der Waals surface area contributed by atoms with Gasteiger partial charge in [-0.1, -0.05) is 131 Å². The van der Waals surface area contributed by atoms with E-state index in [0.29, 0.717) is 0 Å². The molecule has 0 spiro atoms. The van der Waals surface area contributed by atoms with E-state index < -0.39 is 7.92 Å². The molecule has 7 rings (SSSR count). The number of hydrogen-bond acceptors (Lipinski definition) is 2. The second kappa shape index (κ2) is 21.1. The summed E-state index contributed by atoms with van der Waals surface area (Å²) in [5, 5.41) is 6.39. The van der Waals surface area contributed by atoms with Crippen LogP contribution in [0.15, 0.2) is 85.0 Å². The number of hydrogen-bond donors (Lipinski definition) is 0. The minimum atomic E-state index is -0.632. The van der Waals surface area contributed by atoms with E-state index in [-0.39, 0.29) is 40.4 Å². The van der Waals surface area contributed by atoms with Gasteiger partial charge in [-0.05, 0) is 114 Å². The minimum absolute atomic E-state index is 0. The number of allylic oxidation sites excluding steroid dienone is 4. The van der Waals surface area contributed by atoms with E-state index in [4.69, 9.17) is 0 Å². The first kappa shape index (κ1) is 41.9. The van der Waals surface area contributed by atoms with E-state index in [9.17, 15) is 0 Å². The Hall–Kier alpha value is -0.881. The van der Waals surface area contributed by atoms with Gasteiger partial charge in [-0.25, -0.2) is 0 Å². The Morgan fingerprint density at radius 2 is 0.840 bits per heavy atom. The maximum atomic E-state index is 2.48. The summed E-state index contributed by atoms with van der Waals surface area (Å²) in [6.07, 6.45) is 28.5. The molecule has 0 unspecified atom stereocenters. The largest absolute Gasteiger partial charge is 1.00 e. The number of halogens is 1. The van der Waals surface area contributed by atoms with Crippen molar-refractivity contribution < 1.29 is 32.5 Å². The Kier molecular flexibility index (Phi) is 17.7. The zero-order chi connectivity index (χ0) is 33.3. The van der Waals surface area contributed by atoms with Crippen LogP contribution in [0.1, 0.15) is 109 Å². The van der Waals surface area contributed by atoms with Crippen LogP contribution < -0.4 is 33.6 Å². The third kappa shape index (κ3) is 10.2. The Morgan fingerprint density at radius 3 is 1.24 bits per heavy atom. The van der Waals surface area contributed by atoms with Gasteiger partial charge in [0.2, 0.25) is 0 Å². The standard InChI is InChI=1S/C36H44P2S2.C8H12.ClH.Ir/c1-25-33(35(27(3)39-25)37(29-17-9-5-10-18-29)30-19-11-6-12-20-30)34-26(2)40-28(4)36(34)38(31-21-13-7-14-22-31)32-23-15-8-16-24-32;1-2-4-6-8-7-5-3-1;;/h5-6,9-12,17-20,31-32H,7-8,13-16,21-24H2,1-4H3;1-2,7-8H,3-6H2;1H;/p-1/b;2-1-,8-7-;;. The van der Waals surface area contributed by atoms with Crippen molar-refractivity contribution in [2.75, 3.05) is 0 Å². The molecule has 4 aromatic rings. The molecule has 0 bridgehead atoms. The molecule has 3 aliphatic carbocycles. The average molecular weight is 939 g/mol. The van der Waals surface area contributed by atoms with Crippen LogP contribution in [0.2, 0.25) is 0 Å². The summed E-state index contributed by atoms with van der Waals surface area (Å²) in [4.78, 5) is 6.23. The van der Waals surface area contributed by atoms with Gasteiger partial charge in [-0.3, -0.25) is 0 Å². The fourth-order valence-electron chi connectivity index (χ4n) is 8.31. The zero-order valence-corrected chi connectivity index (χ0v) is 37.1. The van der Waals surface area contributed by atoms with Crippen molar-refractivity contribution in [1.29, 1.82) is 0 Å². The predicted octanol–water partition coefficient (Wildman–Crippen LogP) is 9.92. The Bertz CT molecular complexity index is 1560. The fraction of sp³-hybridized carbons (Fsp3) is 0.455. The van der Waals surface area contributed by atoms with Crippen molar-refractivity contribution in [2.45, 2.75) is 129 Å². The molecule has 2 aromatic heterocycles. The quantitative estimate of drug-likeness (QED) is 0.128. The summed E-state index contributed by atoms with van der Waals surface area (Å²) in [7, 11) is -0.789. The number of benzene rings is 2. The van der Waals surface area contributed by atoms with Crippen LogP contribution in [0, 0.1) is 27.7 Å². The van der Waals surface area contributed by atoms with Crippen molar-refractivity contribution >= 4 is 59.7 Å². The minimum Gasteiger partial charge on any atom is -1.00 e. The third-order valence-corrected chi connectivity index (χ3v) is 19.1. The van der Waals surface area contributed by atoms with E-state index in [1.165, 1.54) is 110 Å². The average Bonchev–Trinajstić information content (AvgIpc) is 3.54. The molecule has 2 fully saturated rings. The summed E-state index contributed by atoms with van der Waals surface area (Å²) in [6.45, 7) is 9.73. The van der Waals surface area contributed by atoms with Crippen LogP contribution in [0.25, 0.3) is 11.1 Å². The fourth-order valence-corrected chi connectivity index (χ4v) is 17.9. The van der Waals surface area contributed by atoms with Gasteiger partial charge in [0.05, 0.1) is 0 Å². The first-order valence-electron chi connectivity index (χ1n) is 18.7. The molecule has 0 saturated heterocycles. The number of rotatable bonds is 7. The van der Waals surface area contributed by atoms with Crippen LogP contribution in [0.5, 0.6) is 0 Å². The molecule has 0 atom stereocenters. The normalized spacial score (nSPS) is 18.3. The molecule has 0 nitrogen and oxygen atoms in total. The Morgan fingerprint density at radius 1 is 0.480 bits per heavy atom. The van der Waals surface area contributed by atoms with E-state index in [1.807, 2.05) is 16.6 Å². The van der Waals surface area contributed by atoms with Crippen molar-refractivity contribution in [3.8, 4) is 11.1 Å². The summed E-state index contributed by atoms with van der Waals surface area (Å²) >= 11 is 4.15. The monoisotopic (exact) mass is 938 g/mol. The number of thiophene rings is 2. The molecule has 50 heavy (non-hydrogen) atoms. The molecule has 2 heterocycles. The van der Waals surface area contributed by atoms with E-state index >= 15 is 0 Å². The predicted molar refractivity (Wildman–Crippen MR) is 222 cm³/mol. The molecule has 2 aromatic carbocycles. The van der Waals surface area contributed by atoms with Crippen molar-refractivity contribution in [2.24, 2.45) is 0 Å². The Labute approximate surface area is 334 Å². The van der Waals surface area contributed by atoms with Gasteiger partial charge in [0, 0.05) is 56.0 Å². The first-order valence-corrected chi connectivity index (χ1v) is 23.2. The molecular formula is C44H56ClIrP2S2-. The van der Waals surface area contributed by atoms with Gasteiger partial charge >= 0.3 is 0 Å². The molecule has 0 N–H and O–H groups in total. The van der Waals surface area contributed by atoms with Crippen LogP contribution in [0.4, 0.5) is 0 Å². The molecule has 271 valence electrons. The van der Waals surface area contributed by atoms with Crippen LogP contribution in [-0.4, -0.2) is 11.3 Å². The van der Waals surface area contributed by atoms with Gasteiger partial charge in [0.1, 0.15) is 0 Å². The third-order valence-electron chi connectivity index (χ3n) is 10.5. The van der Waals surface area contributed by atoms with Crippen molar-refractivity contribution in [1.82, 2.24) is 0 Å². The van der Waals surface area contributed by atoms with Gasteiger partial charge in [-0.2, -0.15) is 0 Å². The maximum Gasteiger partial charge on any atom is 0.0107 e. The van der Waals surface area contributed by atoms with E-state index in [0.717, 1.165) is 11.3 Å². The SMILES string of the molecule is C1=C\CC/C=C\CC/1.Cc1sc(C)c(P(c2ccccc2)c2ccccc2)c1-c1c(C)sc(C)c1P(C1CCCCC1)C1CCCCC1.[Cl-].[Ir]. The summed E-state index contributed by atoms with van der Waals surface area (Å²) < 4.78 is 0. The van der Waals surface area contributed by atoms with Gasteiger partial charge in [0.25, 0.3) is 0 Å². The van der Waals surface area contributed by atoms with E-state index in [1.54, 1.807) is 26.2 Å². The van der Waals surface area contributed by atoms with Gasteiger partial charge in [-0.15, -0.1) is 22.7 Å². The number of aryl methyl sites for hydroxylation is 4. The first-order chi connectivity index (χ1) is 23.5. The van der Waals surface area contributed by atoms with E-state index in [2.05, 4.69) is 124 Å². The van der Waals surface area contributed by atoms with Crippen molar-refractivity contribution in [3.63, 3.8) is 0 Å². The van der Waals surface area contributed by atoms with Crippen molar-refractivity contribution in [3.05, 3.63) is 104 Å². The molecule has 0 amide bonds. The second-order valence-corrected chi connectivity index (χ2v) is 21.7. The molecule has 3 aliphatic rings. The summed E-state index contributed by atoms with van der Waals surface area (Å²) in [5.74, 6) is 0. The van der Waals surface area contributed by atoms with Gasteiger partial charge < -0.3 is 12.4 Å². The van der Waals surface area contributed by atoms with Gasteiger partial charge in [0.15, 0.2) is 0 Å². The Balaban J connectivity index is 0.000000497. The van der Waals surface area contributed by atoms with Crippen LogP contribution in [-0.2, 0) is 20.1 Å². The van der Waals surface area contributed by atoms with Crippen LogP contribution >= 0.6 is 38.5 Å².